The van der Waals surface area contributed by atoms with Gasteiger partial charge in [-0.05, 0) is 70.8 Å². The number of thioether (sulfide) groups is 4. The third-order valence-electron chi connectivity index (χ3n) is 5.99. The van der Waals surface area contributed by atoms with Gasteiger partial charge in [-0.25, -0.2) is 0 Å². The van der Waals surface area contributed by atoms with Crippen LogP contribution in [0, 0.1) is 23.7 Å². The first-order valence-corrected chi connectivity index (χ1v) is 19.6. The Hall–Kier alpha value is -2.96. The predicted molar refractivity (Wildman–Crippen MR) is 200 cm³/mol. The molecule has 0 N–H and O–H groups in total. The van der Waals surface area contributed by atoms with Crippen molar-refractivity contribution in [2.24, 2.45) is 0 Å². The SMILES string of the molecule is CC(=O)SCc1cc(C#Cc2ccc(-c3ccc(C#Cc4cc(CSC(C)=O)cc(CSC(C)=O)c4)s3)s2)cc(CSC(C)=O)c1. The van der Waals surface area contributed by atoms with Gasteiger partial charge < -0.3 is 0 Å². The van der Waals surface area contributed by atoms with E-state index in [2.05, 4.69) is 35.8 Å². The number of thiophene rings is 2. The molecule has 0 atom stereocenters. The Morgan fingerprint density at radius 2 is 0.783 bits per heavy atom. The van der Waals surface area contributed by atoms with Crippen LogP contribution in [0.3, 0.4) is 0 Å². The lowest BCUT2D eigenvalue weighted by Crippen LogP contribution is -1.92. The summed E-state index contributed by atoms with van der Waals surface area (Å²) in [6.07, 6.45) is 0. The second-order valence-corrected chi connectivity index (χ2v) is 16.8. The summed E-state index contributed by atoms with van der Waals surface area (Å²) in [5.74, 6) is 15.4. The summed E-state index contributed by atoms with van der Waals surface area (Å²) < 4.78 is 0. The zero-order valence-corrected chi connectivity index (χ0v) is 30.6. The van der Waals surface area contributed by atoms with E-state index in [1.807, 2.05) is 48.5 Å². The van der Waals surface area contributed by atoms with E-state index in [1.54, 1.807) is 50.4 Å². The summed E-state index contributed by atoms with van der Waals surface area (Å²) in [6.45, 7) is 6.24. The van der Waals surface area contributed by atoms with Crippen LogP contribution < -0.4 is 0 Å². The smallest absolute Gasteiger partial charge is 0.186 e. The highest BCUT2D eigenvalue weighted by Gasteiger charge is 2.08. The zero-order valence-electron chi connectivity index (χ0n) is 25.7. The lowest BCUT2D eigenvalue weighted by Gasteiger charge is -2.06. The van der Waals surface area contributed by atoms with Crippen molar-refractivity contribution in [1.82, 2.24) is 0 Å². The molecule has 0 radical (unpaired) electrons. The normalized spacial score (nSPS) is 10.4. The number of rotatable bonds is 9. The Bertz CT molecular complexity index is 1680. The number of hydrogen-bond acceptors (Lipinski definition) is 10. The fourth-order valence-electron chi connectivity index (χ4n) is 4.09. The monoisotopic (exact) mass is 718 g/mol. The van der Waals surface area contributed by atoms with E-state index < -0.39 is 0 Å². The van der Waals surface area contributed by atoms with Crippen LogP contribution in [0.5, 0.6) is 0 Å². The fourth-order valence-corrected chi connectivity index (χ4v) is 8.04. The Labute approximate surface area is 295 Å². The van der Waals surface area contributed by atoms with Gasteiger partial charge in [-0.2, -0.15) is 0 Å². The quantitative estimate of drug-likeness (QED) is 0.159. The molecule has 2 aromatic carbocycles. The van der Waals surface area contributed by atoms with E-state index in [0.717, 1.165) is 52.9 Å². The summed E-state index contributed by atoms with van der Waals surface area (Å²) in [7, 11) is 0. The highest BCUT2D eigenvalue weighted by molar-refractivity contribution is 8.13. The number of carbonyl (C=O) groups is 4. The summed E-state index contributed by atoms with van der Waals surface area (Å²) in [6, 6.07) is 20.3. The molecule has 0 fully saturated rings. The molecule has 0 aliphatic carbocycles. The summed E-state index contributed by atoms with van der Waals surface area (Å²) >= 11 is 8.29. The lowest BCUT2D eigenvalue weighted by atomic mass is 10.1. The van der Waals surface area contributed by atoms with Gasteiger partial charge in [0.1, 0.15) is 0 Å². The first-order chi connectivity index (χ1) is 22.0. The van der Waals surface area contributed by atoms with Gasteiger partial charge in [-0.3, -0.25) is 19.2 Å². The van der Waals surface area contributed by atoms with Crippen molar-refractivity contribution in [3.8, 4) is 33.4 Å². The molecule has 0 aliphatic heterocycles. The van der Waals surface area contributed by atoms with Crippen LogP contribution in [0.4, 0.5) is 0 Å². The van der Waals surface area contributed by atoms with Crippen LogP contribution in [-0.4, -0.2) is 20.5 Å². The van der Waals surface area contributed by atoms with Crippen LogP contribution in [0.1, 0.15) is 70.8 Å². The van der Waals surface area contributed by atoms with Gasteiger partial charge in [0.2, 0.25) is 0 Å². The average molecular weight is 719 g/mol. The van der Waals surface area contributed by atoms with Crippen molar-refractivity contribution in [2.75, 3.05) is 0 Å². The number of hydrogen-bond donors (Lipinski definition) is 0. The van der Waals surface area contributed by atoms with E-state index in [4.69, 9.17) is 0 Å². The maximum absolute atomic E-state index is 11.5. The van der Waals surface area contributed by atoms with Crippen LogP contribution in [0.15, 0.2) is 60.7 Å². The molecule has 0 unspecified atom stereocenters. The van der Waals surface area contributed by atoms with Gasteiger partial charge in [-0.15, -0.1) is 22.7 Å². The van der Waals surface area contributed by atoms with Gasteiger partial charge >= 0.3 is 0 Å². The van der Waals surface area contributed by atoms with E-state index in [0.29, 0.717) is 23.0 Å². The van der Waals surface area contributed by atoms with Crippen LogP contribution in [-0.2, 0) is 42.2 Å². The number of benzene rings is 2. The topological polar surface area (TPSA) is 68.3 Å². The molecule has 0 saturated carbocycles. The third-order valence-corrected chi connectivity index (χ3v) is 11.7. The molecule has 4 rings (SSSR count). The molecule has 2 aromatic heterocycles. The molecule has 234 valence electrons. The molecule has 0 spiro atoms. The minimum absolute atomic E-state index is 0.0639. The lowest BCUT2D eigenvalue weighted by molar-refractivity contribution is -0.109. The fraction of sp³-hybridized carbons (Fsp3) is 0.222. The van der Waals surface area contributed by atoms with E-state index in [-0.39, 0.29) is 20.5 Å². The third kappa shape index (κ3) is 12.3. The molecule has 0 amide bonds. The molecule has 4 aromatic rings. The Morgan fingerprint density at radius 3 is 1.07 bits per heavy atom. The van der Waals surface area contributed by atoms with Gasteiger partial charge in [-0.1, -0.05) is 82.9 Å². The highest BCUT2D eigenvalue weighted by atomic mass is 32.2. The van der Waals surface area contributed by atoms with Crippen molar-refractivity contribution in [3.05, 3.63) is 104 Å². The van der Waals surface area contributed by atoms with E-state index in [1.165, 1.54) is 47.0 Å². The maximum Gasteiger partial charge on any atom is 0.186 e. The summed E-state index contributed by atoms with van der Waals surface area (Å²) in [4.78, 5) is 50.1. The molecule has 2 heterocycles. The molecule has 4 nitrogen and oxygen atoms in total. The standard InChI is InChI=1S/C36H30O4S6/c1-23(37)41-19-29-13-27(14-30(17-29)20-42-24(2)38)5-7-33-9-11-35(45-33)36-12-10-34(46-36)8-6-28-15-31(21-43-25(3)39)18-32(16-28)22-44-26(4)40/h9-18H,19-22H2,1-4H3. The molecule has 10 heteroatoms. The maximum atomic E-state index is 11.5. The average Bonchev–Trinajstić information content (AvgIpc) is 3.69. The minimum atomic E-state index is 0.0639. The van der Waals surface area contributed by atoms with E-state index in [9.17, 15) is 19.2 Å². The van der Waals surface area contributed by atoms with Crippen LogP contribution >= 0.6 is 69.7 Å². The Kier molecular flexibility index (Phi) is 13.9. The largest absolute Gasteiger partial charge is 0.288 e. The van der Waals surface area contributed by atoms with Crippen LogP contribution in [0.25, 0.3) is 9.75 Å². The number of carbonyl (C=O) groups excluding carboxylic acids is 4. The Morgan fingerprint density at radius 1 is 0.478 bits per heavy atom. The van der Waals surface area contributed by atoms with E-state index >= 15 is 0 Å². The van der Waals surface area contributed by atoms with Gasteiger partial charge in [0.05, 0.1) is 9.75 Å². The van der Waals surface area contributed by atoms with Gasteiger partial charge in [0, 0.05) is 71.6 Å². The first kappa shape index (κ1) is 35.9. The highest BCUT2D eigenvalue weighted by Crippen LogP contribution is 2.33. The zero-order chi connectivity index (χ0) is 33.1. The first-order valence-electron chi connectivity index (χ1n) is 14.1. The van der Waals surface area contributed by atoms with Gasteiger partial charge in [0.25, 0.3) is 0 Å². The minimum Gasteiger partial charge on any atom is -0.288 e. The van der Waals surface area contributed by atoms with Gasteiger partial charge in [0.15, 0.2) is 20.5 Å². The molecular formula is C36H30O4S6. The Balaban J connectivity index is 1.50. The van der Waals surface area contributed by atoms with Crippen molar-refractivity contribution in [1.29, 1.82) is 0 Å². The molecule has 0 aliphatic rings. The second-order valence-electron chi connectivity index (χ2n) is 10.0. The van der Waals surface area contributed by atoms with Crippen molar-refractivity contribution >= 4 is 90.2 Å². The molecular weight excluding hydrogens is 689 g/mol. The van der Waals surface area contributed by atoms with Crippen LogP contribution in [0.2, 0.25) is 0 Å². The van der Waals surface area contributed by atoms with Crippen molar-refractivity contribution < 1.29 is 19.2 Å². The van der Waals surface area contributed by atoms with Crippen molar-refractivity contribution in [2.45, 2.75) is 50.7 Å². The molecule has 0 saturated heterocycles. The van der Waals surface area contributed by atoms with Crippen molar-refractivity contribution in [3.63, 3.8) is 0 Å². The summed E-state index contributed by atoms with van der Waals surface area (Å²) in [5.41, 5.74) is 5.76. The predicted octanol–water partition coefficient (Wildman–Crippen LogP) is 9.39. The molecule has 46 heavy (non-hydrogen) atoms. The summed E-state index contributed by atoms with van der Waals surface area (Å²) in [5, 5.41) is 0.255. The molecule has 0 bridgehead atoms. The second kappa shape index (κ2) is 17.8.